The molecule has 2 N–H and O–H groups in total. The minimum Gasteiger partial charge on any atom is -0.497 e. The number of hydrogen-bond acceptors (Lipinski definition) is 4. The molecule has 1 aromatic carbocycles. The normalized spacial score (nSPS) is 12.8. The van der Waals surface area contributed by atoms with Crippen LogP contribution in [0.4, 0.5) is 5.95 Å². The van der Waals surface area contributed by atoms with Crippen LogP contribution in [-0.2, 0) is 17.3 Å². The lowest BCUT2D eigenvalue weighted by atomic mass is 10.3. The molecule has 0 saturated heterocycles. The van der Waals surface area contributed by atoms with Gasteiger partial charge in [0.2, 0.25) is 5.95 Å². The number of fused-ring (bicyclic) bond motifs is 1. The number of methoxy groups -OCH3 is 1. The summed E-state index contributed by atoms with van der Waals surface area (Å²) in [4.78, 5) is 4.30. The van der Waals surface area contributed by atoms with Crippen molar-refractivity contribution in [2.75, 3.05) is 24.9 Å². The Morgan fingerprint density at radius 2 is 2.28 bits per heavy atom. The Bertz CT molecular complexity index is 580. The number of aromatic nitrogens is 2. The highest BCUT2D eigenvalue weighted by atomic mass is 32.2. The number of nitrogen functional groups attached to an aromatic ring is 1. The number of imidazole rings is 1. The number of nitrogens with zero attached hydrogens (tertiary/aromatic N) is 2. The zero-order valence-electron chi connectivity index (χ0n) is 10.5. The lowest BCUT2D eigenvalue weighted by Crippen LogP contribution is -2.06. The Hall–Kier alpha value is -1.56. The number of aryl methyl sites for hydroxylation is 1. The molecule has 18 heavy (non-hydrogen) atoms. The van der Waals surface area contributed by atoms with Crippen molar-refractivity contribution in [3.63, 3.8) is 0 Å². The maximum absolute atomic E-state index is 11.0. The van der Waals surface area contributed by atoms with Crippen LogP contribution >= 0.6 is 0 Å². The quantitative estimate of drug-likeness (QED) is 0.889. The first-order valence-electron chi connectivity index (χ1n) is 5.71. The molecule has 0 saturated carbocycles. The summed E-state index contributed by atoms with van der Waals surface area (Å²) in [7, 11) is 0.856. The van der Waals surface area contributed by atoms with Gasteiger partial charge in [-0.1, -0.05) is 0 Å². The van der Waals surface area contributed by atoms with Crippen molar-refractivity contribution in [3.8, 4) is 5.75 Å². The van der Waals surface area contributed by atoms with E-state index in [1.54, 1.807) is 13.4 Å². The van der Waals surface area contributed by atoms with Crippen molar-refractivity contribution >= 4 is 27.8 Å². The SMILES string of the molecule is COc1ccc2c(c1)nc(N)n2CCCS(C)=O. The number of anilines is 1. The van der Waals surface area contributed by atoms with Crippen LogP contribution in [0.3, 0.4) is 0 Å². The van der Waals surface area contributed by atoms with Crippen LogP contribution < -0.4 is 10.5 Å². The van der Waals surface area contributed by atoms with Crippen molar-refractivity contribution in [1.82, 2.24) is 9.55 Å². The van der Waals surface area contributed by atoms with E-state index in [0.29, 0.717) is 11.7 Å². The van der Waals surface area contributed by atoms with E-state index in [0.717, 1.165) is 29.7 Å². The fourth-order valence-corrected chi connectivity index (χ4v) is 2.45. The number of rotatable bonds is 5. The molecule has 0 bridgehead atoms. The molecule has 2 aromatic rings. The molecule has 6 heteroatoms. The summed E-state index contributed by atoms with van der Waals surface area (Å²) in [5.41, 5.74) is 7.70. The van der Waals surface area contributed by atoms with Crippen LogP contribution in [0.5, 0.6) is 5.75 Å². The Morgan fingerprint density at radius 3 is 2.94 bits per heavy atom. The molecular weight excluding hydrogens is 250 g/mol. The highest BCUT2D eigenvalue weighted by Crippen LogP contribution is 2.23. The van der Waals surface area contributed by atoms with Crippen molar-refractivity contribution in [1.29, 1.82) is 0 Å². The zero-order valence-corrected chi connectivity index (χ0v) is 11.4. The van der Waals surface area contributed by atoms with Gasteiger partial charge in [-0.2, -0.15) is 0 Å². The fraction of sp³-hybridized carbons (Fsp3) is 0.417. The Balaban J connectivity index is 2.27. The maximum Gasteiger partial charge on any atom is 0.201 e. The van der Waals surface area contributed by atoms with Gasteiger partial charge in [-0.25, -0.2) is 4.98 Å². The van der Waals surface area contributed by atoms with Gasteiger partial charge in [0.25, 0.3) is 0 Å². The number of hydrogen-bond donors (Lipinski definition) is 1. The van der Waals surface area contributed by atoms with Gasteiger partial charge in [-0.05, 0) is 18.6 Å². The van der Waals surface area contributed by atoms with Gasteiger partial charge < -0.3 is 15.0 Å². The average Bonchev–Trinajstić information content (AvgIpc) is 2.64. The molecule has 0 aliphatic heterocycles. The zero-order chi connectivity index (χ0) is 13.1. The number of nitrogens with two attached hydrogens (primary N) is 1. The van der Waals surface area contributed by atoms with E-state index in [4.69, 9.17) is 10.5 Å². The summed E-state index contributed by atoms with van der Waals surface area (Å²) in [5.74, 6) is 1.93. The minimum absolute atomic E-state index is 0.486. The molecule has 0 spiro atoms. The molecule has 1 aromatic heterocycles. The number of benzene rings is 1. The minimum atomic E-state index is -0.767. The van der Waals surface area contributed by atoms with Crippen LogP contribution in [0, 0.1) is 0 Å². The summed E-state index contributed by atoms with van der Waals surface area (Å²) >= 11 is 0. The highest BCUT2D eigenvalue weighted by Gasteiger charge is 2.08. The second kappa shape index (κ2) is 5.39. The topological polar surface area (TPSA) is 70.1 Å². The third kappa shape index (κ3) is 2.64. The van der Waals surface area contributed by atoms with Crippen molar-refractivity contribution < 1.29 is 8.95 Å². The van der Waals surface area contributed by atoms with Gasteiger partial charge in [0, 0.05) is 35.4 Å². The average molecular weight is 267 g/mol. The molecule has 0 amide bonds. The van der Waals surface area contributed by atoms with Gasteiger partial charge >= 0.3 is 0 Å². The monoisotopic (exact) mass is 267 g/mol. The van der Waals surface area contributed by atoms with E-state index < -0.39 is 10.8 Å². The molecule has 0 aliphatic carbocycles. The Morgan fingerprint density at radius 1 is 1.50 bits per heavy atom. The van der Waals surface area contributed by atoms with E-state index in [-0.39, 0.29) is 0 Å². The van der Waals surface area contributed by atoms with Crippen LogP contribution in [-0.4, -0.2) is 32.9 Å². The smallest absolute Gasteiger partial charge is 0.201 e. The van der Waals surface area contributed by atoms with Crippen LogP contribution in [0.2, 0.25) is 0 Å². The molecule has 0 fully saturated rings. The molecular formula is C12H17N3O2S. The van der Waals surface area contributed by atoms with Gasteiger partial charge in [0.15, 0.2) is 0 Å². The van der Waals surface area contributed by atoms with E-state index in [1.807, 2.05) is 22.8 Å². The summed E-state index contributed by atoms with van der Waals surface area (Å²) in [6.45, 7) is 0.730. The van der Waals surface area contributed by atoms with Crippen molar-refractivity contribution in [2.24, 2.45) is 0 Å². The summed E-state index contributed by atoms with van der Waals surface area (Å²) in [6, 6.07) is 5.69. The molecule has 1 atom stereocenters. The molecule has 0 aliphatic rings. The maximum atomic E-state index is 11.0. The molecule has 1 unspecified atom stereocenters. The number of ether oxygens (including phenoxy) is 1. The Labute approximate surface area is 108 Å². The van der Waals surface area contributed by atoms with E-state index in [2.05, 4.69) is 4.98 Å². The predicted molar refractivity (Wildman–Crippen MR) is 74.2 cm³/mol. The fourth-order valence-electron chi connectivity index (χ4n) is 1.92. The third-order valence-corrected chi connectivity index (χ3v) is 3.66. The first kappa shape index (κ1) is 12.9. The van der Waals surface area contributed by atoms with Crippen LogP contribution in [0.25, 0.3) is 11.0 Å². The van der Waals surface area contributed by atoms with Crippen molar-refractivity contribution in [3.05, 3.63) is 18.2 Å². The second-order valence-electron chi connectivity index (χ2n) is 4.11. The first-order chi connectivity index (χ1) is 8.61. The summed E-state index contributed by atoms with van der Waals surface area (Å²) in [5, 5.41) is 0. The first-order valence-corrected chi connectivity index (χ1v) is 7.44. The summed E-state index contributed by atoms with van der Waals surface area (Å²) < 4.78 is 18.1. The standard InChI is InChI=1S/C12H17N3O2S/c1-17-9-4-5-11-10(8-9)14-12(13)15(11)6-3-7-18(2)16/h4-5,8H,3,6-7H2,1-2H3,(H2,13,14). The molecule has 2 rings (SSSR count). The Kier molecular flexibility index (Phi) is 3.86. The van der Waals surface area contributed by atoms with Gasteiger partial charge in [0.05, 0.1) is 18.1 Å². The third-order valence-electron chi connectivity index (χ3n) is 2.80. The van der Waals surface area contributed by atoms with E-state index in [1.165, 1.54) is 0 Å². The van der Waals surface area contributed by atoms with Crippen LogP contribution in [0.1, 0.15) is 6.42 Å². The van der Waals surface area contributed by atoms with Crippen molar-refractivity contribution in [2.45, 2.75) is 13.0 Å². The molecule has 5 nitrogen and oxygen atoms in total. The van der Waals surface area contributed by atoms with Gasteiger partial charge in [-0.15, -0.1) is 0 Å². The highest BCUT2D eigenvalue weighted by molar-refractivity contribution is 7.84. The molecule has 98 valence electrons. The lowest BCUT2D eigenvalue weighted by Gasteiger charge is -2.05. The van der Waals surface area contributed by atoms with Crippen LogP contribution in [0.15, 0.2) is 18.2 Å². The lowest BCUT2D eigenvalue weighted by molar-refractivity contribution is 0.415. The predicted octanol–water partition coefficient (Wildman–Crippen LogP) is 1.40. The molecule has 1 heterocycles. The van der Waals surface area contributed by atoms with E-state index >= 15 is 0 Å². The van der Waals surface area contributed by atoms with Gasteiger partial charge in [-0.3, -0.25) is 4.21 Å². The van der Waals surface area contributed by atoms with E-state index in [9.17, 15) is 4.21 Å². The summed E-state index contributed by atoms with van der Waals surface area (Å²) in [6.07, 6.45) is 2.53. The molecule has 0 radical (unpaired) electrons. The largest absolute Gasteiger partial charge is 0.497 e. The second-order valence-corrected chi connectivity index (χ2v) is 5.66. The van der Waals surface area contributed by atoms with Gasteiger partial charge in [0.1, 0.15) is 5.75 Å².